The zero-order valence-corrected chi connectivity index (χ0v) is 11.5. The Bertz CT molecular complexity index is 587. The molecule has 1 N–H and O–H groups in total. The fourth-order valence-electron chi connectivity index (χ4n) is 2.62. The molecule has 19 heavy (non-hydrogen) atoms. The Kier molecular flexibility index (Phi) is 3.83. The molecule has 0 saturated carbocycles. The van der Waals surface area contributed by atoms with E-state index in [1.165, 1.54) is 0 Å². The molecule has 0 spiro atoms. The molecule has 2 aromatic rings. The van der Waals surface area contributed by atoms with Crippen molar-refractivity contribution >= 4 is 17.0 Å². The van der Waals surface area contributed by atoms with E-state index in [0.29, 0.717) is 17.0 Å². The molecule has 0 aliphatic rings. The van der Waals surface area contributed by atoms with Gasteiger partial charge in [0.2, 0.25) is 0 Å². The van der Waals surface area contributed by atoms with Crippen molar-refractivity contribution in [2.45, 2.75) is 39.7 Å². The quantitative estimate of drug-likeness (QED) is 0.897. The van der Waals surface area contributed by atoms with Crippen molar-refractivity contribution in [1.82, 2.24) is 15.0 Å². The number of benzene rings is 1. The van der Waals surface area contributed by atoms with E-state index in [2.05, 4.69) is 31.1 Å². The molecule has 0 aliphatic heterocycles. The number of rotatable bonds is 5. The lowest BCUT2D eigenvalue weighted by Crippen LogP contribution is -2.18. The highest BCUT2D eigenvalue weighted by molar-refractivity contribution is 6.00. The lowest BCUT2D eigenvalue weighted by atomic mass is 9.95. The first-order valence-electron chi connectivity index (χ1n) is 6.67. The maximum absolute atomic E-state index is 11.3. The second-order valence-corrected chi connectivity index (χ2v) is 4.83. The van der Waals surface area contributed by atoms with Crippen molar-refractivity contribution < 1.29 is 9.90 Å². The summed E-state index contributed by atoms with van der Waals surface area (Å²) in [6, 6.07) is 5.24. The lowest BCUT2D eigenvalue weighted by molar-refractivity contribution is 0.0698. The standard InChI is InChI=1S/C14H19N3O2/c1-4-10(5-2)9(3)17-13-11(14(18)19)7-6-8-12(13)15-16-17/h6-10H,4-5H2,1-3H3,(H,18,19). The highest BCUT2D eigenvalue weighted by Gasteiger charge is 2.22. The van der Waals surface area contributed by atoms with Gasteiger partial charge in [-0.15, -0.1) is 5.10 Å². The van der Waals surface area contributed by atoms with Crippen LogP contribution < -0.4 is 0 Å². The molecular formula is C14H19N3O2. The number of hydrogen-bond donors (Lipinski definition) is 1. The molecule has 0 amide bonds. The smallest absolute Gasteiger partial charge is 0.337 e. The van der Waals surface area contributed by atoms with E-state index < -0.39 is 5.97 Å². The molecule has 1 aromatic heterocycles. The number of para-hydroxylation sites is 1. The largest absolute Gasteiger partial charge is 0.478 e. The summed E-state index contributed by atoms with van der Waals surface area (Å²) in [5.74, 6) is -0.474. The summed E-state index contributed by atoms with van der Waals surface area (Å²) in [6.07, 6.45) is 2.07. The minimum Gasteiger partial charge on any atom is -0.478 e. The molecule has 0 aliphatic carbocycles. The molecule has 5 nitrogen and oxygen atoms in total. The van der Waals surface area contributed by atoms with E-state index in [4.69, 9.17) is 0 Å². The van der Waals surface area contributed by atoms with E-state index in [1.54, 1.807) is 22.9 Å². The number of carboxylic acids is 1. The van der Waals surface area contributed by atoms with Crippen LogP contribution in [0.3, 0.4) is 0 Å². The van der Waals surface area contributed by atoms with Crippen molar-refractivity contribution in [3.8, 4) is 0 Å². The third-order valence-electron chi connectivity index (χ3n) is 3.84. The fourth-order valence-corrected chi connectivity index (χ4v) is 2.62. The average molecular weight is 261 g/mol. The number of nitrogens with zero attached hydrogens (tertiary/aromatic N) is 3. The molecule has 5 heteroatoms. The van der Waals surface area contributed by atoms with Crippen molar-refractivity contribution in [3.63, 3.8) is 0 Å². The number of aromatic carboxylic acids is 1. The maximum Gasteiger partial charge on any atom is 0.337 e. The number of carboxylic acid groups (broad SMARTS) is 1. The van der Waals surface area contributed by atoms with Crippen LogP contribution in [0.2, 0.25) is 0 Å². The molecule has 1 aromatic carbocycles. The van der Waals surface area contributed by atoms with Crippen molar-refractivity contribution in [1.29, 1.82) is 0 Å². The van der Waals surface area contributed by atoms with E-state index in [0.717, 1.165) is 12.8 Å². The van der Waals surface area contributed by atoms with Gasteiger partial charge in [-0.25, -0.2) is 9.48 Å². The van der Waals surface area contributed by atoms with Crippen LogP contribution in [-0.2, 0) is 0 Å². The van der Waals surface area contributed by atoms with Gasteiger partial charge < -0.3 is 5.11 Å². The van der Waals surface area contributed by atoms with Crippen LogP contribution in [0.5, 0.6) is 0 Å². The summed E-state index contributed by atoms with van der Waals surface area (Å²) in [4.78, 5) is 11.3. The van der Waals surface area contributed by atoms with Gasteiger partial charge in [-0.05, 0) is 25.0 Å². The monoisotopic (exact) mass is 261 g/mol. The third-order valence-corrected chi connectivity index (χ3v) is 3.84. The number of fused-ring (bicyclic) bond motifs is 1. The molecule has 102 valence electrons. The van der Waals surface area contributed by atoms with Crippen molar-refractivity contribution in [3.05, 3.63) is 23.8 Å². The molecule has 1 atom stereocenters. The predicted octanol–water partition coefficient (Wildman–Crippen LogP) is 3.13. The Morgan fingerprint density at radius 3 is 2.63 bits per heavy atom. The SMILES string of the molecule is CCC(CC)C(C)n1nnc2cccc(C(=O)O)c21. The zero-order valence-electron chi connectivity index (χ0n) is 11.5. The second kappa shape index (κ2) is 5.38. The van der Waals surface area contributed by atoms with E-state index in [1.807, 2.05) is 0 Å². The Balaban J connectivity index is 2.58. The lowest BCUT2D eigenvalue weighted by Gasteiger charge is -2.22. The molecule has 0 bridgehead atoms. The molecule has 1 heterocycles. The number of carbonyl (C=O) groups is 1. The van der Waals surface area contributed by atoms with Gasteiger partial charge in [0.1, 0.15) is 11.0 Å². The average Bonchev–Trinajstić information content (AvgIpc) is 2.83. The van der Waals surface area contributed by atoms with Crippen LogP contribution in [0.1, 0.15) is 50.0 Å². The summed E-state index contributed by atoms with van der Waals surface area (Å²) in [5.41, 5.74) is 1.52. The first-order chi connectivity index (χ1) is 9.10. The van der Waals surface area contributed by atoms with Crippen LogP contribution in [0, 0.1) is 5.92 Å². The summed E-state index contributed by atoms with van der Waals surface area (Å²) >= 11 is 0. The third kappa shape index (κ3) is 2.32. The number of hydrogen-bond acceptors (Lipinski definition) is 3. The van der Waals surface area contributed by atoms with Crippen LogP contribution in [-0.4, -0.2) is 26.1 Å². The van der Waals surface area contributed by atoms with Gasteiger partial charge in [-0.1, -0.05) is 38.0 Å². The predicted molar refractivity (Wildman–Crippen MR) is 73.3 cm³/mol. The van der Waals surface area contributed by atoms with Gasteiger partial charge in [-0.3, -0.25) is 0 Å². The van der Waals surface area contributed by atoms with Gasteiger partial charge in [0.15, 0.2) is 0 Å². The Morgan fingerprint density at radius 2 is 2.05 bits per heavy atom. The first kappa shape index (κ1) is 13.5. The van der Waals surface area contributed by atoms with Gasteiger partial charge in [0.05, 0.1) is 11.6 Å². The van der Waals surface area contributed by atoms with Gasteiger partial charge in [0, 0.05) is 0 Å². The summed E-state index contributed by atoms with van der Waals surface area (Å²) in [5, 5.41) is 17.5. The molecule has 2 rings (SSSR count). The highest BCUT2D eigenvalue weighted by Crippen LogP contribution is 2.27. The minimum absolute atomic E-state index is 0.139. The first-order valence-corrected chi connectivity index (χ1v) is 6.67. The topological polar surface area (TPSA) is 68.0 Å². The zero-order chi connectivity index (χ0) is 14.0. The van der Waals surface area contributed by atoms with E-state index in [9.17, 15) is 9.90 Å². The Morgan fingerprint density at radius 1 is 1.37 bits per heavy atom. The molecule has 0 radical (unpaired) electrons. The second-order valence-electron chi connectivity index (χ2n) is 4.83. The van der Waals surface area contributed by atoms with Crippen molar-refractivity contribution in [2.75, 3.05) is 0 Å². The summed E-state index contributed by atoms with van der Waals surface area (Å²) in [6.45, 7) is 6.36. The van der Waals surface area contributed by atoms with Gasteiger partial charge in [0.25, 0.3) is 0 Å². The maximum atomic E-state index is 11.3. The molecule has 1 unspecified atom stereocenters. The minimum atomic E-state index is -0.939. The highest BCUT2D eigenvalue weighted by atomic mass is 16.4. The summed E-state index contributed by atoms with van der Waals surface area (Å²) < 4.78 is 1.76. The van der Waals surface area contributed by atoms with Crippen LogP contribution >= 0.6 is 0 Å². The summed E-state index contributed by atoms with van der Waals surface area (Å²) in [7, 11) is 0. The van der Waals surface area contributed by atoms with Gasteiger partial charge >= 0.3 is 5.97 Å². The Hall–Kier alpha value is -1.91. The fraction of sp³-hybridized carbons (Fsp3) is 0.500. The van der Waals surface area contributed by atoms with Gasteiger partial charge in [-0.2, -0.15) is 0 Å². The van der Waals surface area contributed by atoms with E-state index >= 15 is 0 Å². The van der Waals surface area contributed by atoms with Crippen LogP contribution in [0.25, 0.3) is 11.0 Å². The van der Waals surface area contributed by atoms with Crippen LogP contribution in [0.15, 0.2) is 18.2 Å². The molecule has 0 fully saturated rings. The van der Waals surface area contributed by atoms with Crippen LogP contribution in [0.4, 0.5) is 0 Å². The molecular weight excluding hydrogens is 242 g/mol. The normalized spacial score (nSPS) is 13.1. The molecule has 0 saturated heterocycles. The Labute approximate surface area is 112 Å². The number of aromatic nitrogens is 3. The van der Waals surface area contributed by atoms with E-state index in [-0.39, 0.29) is 11.6 Å². The van der Waals surface area contributed by atoms with Crippen molar-refractivity contribution in [2.24, 2.45) is 5.92 Å².